The van der Waals surface area contributed by atoms with Gasteiger partial charge in [-0.15, -0.1) is 0 Å². The summed E-state index contributed by atoms with van der Waals surface area (Å²) in [4.78, 5) is 18.7. The van der Waals surface area contributed by atoms with Crippen molar-refractivity contribution in [3.63, 3.8) is 0 Å². The molecule has 1 fully saturated rings. The van der Waals surface area contributed by atoms with Gasteiger partial charge in [-0.1, -0.05) is 44.2 Å². The molecule has 1 amide bonds. The number of amides is 1. The van der Waals surface area contributed by atoms with Crippen molar-refractivity contribution in [2.75, 3.05) is 19.6 Å². The molecule has 202 valence electrons. The Balaban J connectivity index is 1.23. The summed E-state index contributed by atoms with van der Waals surface area (Å²) in [5.74, 6) is 0.721. The van der Waals surface area contributed by atoms with Crippen molar-refractivity contribution in [2.45, 2.75) is 58.6 Å². The smallest absolute Gasteiger partial charge is 0.251 e. The van der Waals surface area contributed by atoms with Crippen LogP contribution in [0.4, 0.5) is 8.78 Å². The molecule has 38 heavy (non-hydrogen) atoms. The first kappa shape index (κ1) is 27.7. The maximum absolute atomic E-state index is 12.7. The summed E-state index contributed by atoms with van der Waals surface area (Å²) in [7, 11) is 0. The molecule has 2 aromatic carbocycles. The molecule has 1 aliphatic heterocycles. The van der Waals surface area contributed by atoms with E-state index in [1.807, 2.05) is 54.6 Å². The minimum atomic E-state index is -2.31. The van der Waals surface area contributed by atoms with Crippen LogP contribution in [0.1, 0.15) is 53.9 Å². The van der Waals surface area contributed by atoms with Gasteiger partial charge in [0.15, 0.2) is 0 Å². The Morgan fingerprint density at radius 2 is 1.63 bits per heavy atom. The topological polar surface area (TPSA) is 54.5 Å². The van der Waals surface area contributed by atoms with Crippen molar-refractivity contribution < 1.29 is 18.3 Å². The Bertz CT molecular complexity index is 1140. The van der Waals surface area contributed by atoms with Crippen LogP contribution in [-0.4, -0.2) is 47.9 Å². The number of halogens is 2. The van der Waals surface area contributed by atoms with Gasteiger partial charge >= 0.3 is 0 Å². The second-order valence-corrected chi connectivity index (χ2v) is 10.9. The van der Waals surface area contributed by atoms with Crippen LogP contribution in [0.5, 0.6) is 5.75 Å². The molecule has 0 unspecified atom stereocenters. The van der Waals surface area contributed by atoms with E-state index in [4.69, 9.17) is 4.74 Å². The van der Waals surface area contributed by atoms with Crippen molar-refractivity contribution in [1.82, 2.24) is 15.2 Å². The zero-order valence-corrected chi connectivity index (χ0v) is 22.2. The van der Waals surface area contributed by atoms with E-state index >= 15 is 0 Å². The minimum Gasteiger partial charge on any atom is -0.487 e. The quantitative estimate of drug-likeness (QED) is 0.340. The summed E-state index contributed by atoms with van der Waals surface area (Å²) < 4.78 is 31.0. The van der Waals surface area contributed by atoms with Gasteiger partial charge in [0.05, 0.1) is 12.2 Å². The molecule has 1 saturated heterocycles. The van der Waals surface area contributed by atoms with Crippen LogP contribution in [-0.2, 0) is 19.4 Å². The van der Waals surface area contributed by atoms with Crippen LogP contribution in [0.15, 0.2) is 72.9 Å². The number of rotatable bonds is 11. The maximum Gasteiger partial charge on any atom is 0.251 e. The van der Waals surface area contributed by atoms with Gasteiger partial charge in [0.1, 0.15) is 12.4 Å². The lowest BCUT2D eigenvalue weighted by Crippen LogP contribution is -2.45. The van der Waals surface area contributed by atoms with Gasteiger partial charge in [-0.2, -0.15) is 0 Å². The summed E-state index contributed by atoms with van der Waals surface area (Å²) in [6, 6.07) is 21.8. The van der Waals surface area contributed by atoms with E-state index in [0.29, 0.717) is 38.1 Å². The van der Waals surface area contributed by atoms with Gasteiger partial charge in [0, 0.05) is 30.9 Å². The van der Waals surface area contributed by atoms with E-state index in [1.165, 1.54) is 11.1 Å². The molecule has 1 N–H and O–H groups in total. The Hall–Kier alpha value is -3.32. The van der Waals surface area contributed by atoms with E-state index in [2.05, 4.69) is 36.3 Å². The average molecular weight is 522 g/mol. The number of nitrogens with one attached hydrogen (secondary N) is 1. The monoisotopic (exact) mass is 521 g/mol. The Morgan fingerprint density at radius 3 is 2.21 bits per heavy atom. The molecule has 5 nitrogen and oxygen atoms in total. The zero-order valence-electron chi connectivity index (χ0n) is 22.2. The molecule has 0 aliphatic carbocycles. The van der Waals surface area contributed by atoms with Crippen LogP contribution in [0.25, 0.3) is 0 Å². The molecule has 1 aliphatic rings. The Kier molecular flexibility index (Phi) is 9.45. The predicted octanol–water partition coefficient (Wildman–Crippen LogP) is 5.93. The number of likely N-dealkylation sites (tertiary alicyclic amines) is 1. The summed E-state index contributed by atoms with van der Waals surface area (Å²) in [5, 5.41) is 3.07. The third-order valence-electron chi connectivity index (χ3n) is 6.94. The third kappa shape index (κ3) is 8.62. The SMILES string of the molecule is CC(C)(Cc1ccc(OCc2ccccn2)cc1)Cc1ccc(C(=O)NC2CCN(CC(F)F)CC2)cc1. The van der Waals surface area contributed by atoms with E-state index in [-0.39, 0.29) is 23.9 Å². The molecule has 1 aromatic heterocycles. The summed E-state index contributed by atoms with van der Waals surface area (Å²) in [5.41, 5.74) is 3.99. The highest BCUT2D eigenvalue weighted by Gasteiger charge is 2.23. The van der Waals surface area contributed by atoms with E-state index in [1.54, 1.807) is 11.1 Å². The highest BCUT2D eigenvalue weighted by Crippen LogP contribution is 2.28. The number of carbonyl (C=O) groups excluding carboxylic acids is 1. The first-order valence-corrected chi connectivity index (χ1v) is 13.3. The molecule has 0 radical (unpaired) electrons. The highest BCUT2D eigenvalue weighted by molar-refractivity contribution is 5.94. The number of hydrogen-bond acceptors (Lipinski definition) is 4. The first-order valence-electron chi connectivity index (χ1n) is 13.3. The number of carbonyl (C=O) groups is 1. The fraction of sp³-hybridized carbons (Fsp3) is 0.419. The largest absolute Gasteiger partial charge is 0.487 e. The molecule has 3 aromatic rings. The van der Waals surface area contributed by atoms with Gasteiger partial charge in [0.2, 0.25) is 0 Å². The number of ether oxygens (including phenoxy) is 1. The van der Waals surface area contributed by atoms with Crippen molar-refractivity contribution in [3.8, 4) is 5.75 Å². The lowest BCUT2D eigenvalue weighted by molar-refractivity contribution is 0.0696. The molecule has 7 heteroatoms. The Labute approximate surface area is 224 Å². The molecular formula is C31H37F2N3O2. The van der Waals surface area contributed by atoms with Crippen molar-refractivity contribution in [3.05, 3.63) is 95.3 Å². The van der Waals surface area contributed by atoms with Gasteiger partial charge in [-0.3, -0.25) is 14.7 Å². The molecular weight excluding hydrogens is 484 g/mol. The molecule has 0 saturated carbocycles. The summed E-state index contributed by atoms with van der Waals surface area (Å²) in [6.45, 7) is 5.93. The first-order chi connectivity index (χ1) is 18.3. The molecule has 2 heterocycles. The third-order valence-corrected chi connectivity index (χ3v) is 6.94. The number of nitrogens with zero attached hydrogens (tertiary/aromatic N) is 2. The lowest BCUT2D eigenvalue weighted by atomic mass is 9.80. The number of piperidine rings is 1. The summed E-state index contributed by atoms with van der Waals surface area (Å²) >= 11 is 0. The molecule has 4 rings (SSSR count). The maximum atomic E-state index is 12.7. The standard InChI is InChI=1S/C31H37F2N3O2/c1-31(2,20-24-8-12-28(13-9-24)38-22-27-5-3-4-16-34-27)19-23-6-10-25(11-7-23)30(37)35-26-14-17-36(18-15-26)21-29(32)33/h3-13,16,26,29H,14-15,17-22H2,1-2H3,(H,35,37). The lowest BCUT2D eigenvalue weighted by Gasteiger charge is -2.32. The van der Waals surface area contributed by atoms with E-state index < -0.39 is 6.43 Å². The number of benzene rings is 2. The fourth-order valence-corrected chi connectivity index (χ4v) is 5.01. The van der Waals surface area contributed by atoms with Crippen molar-refractivity contribution in [2.24, 2.45) is 5.41 Å². The van der Waals surface area contributed by atoms with Crippen LogP contribution < -0.4 is 10.1 Å². The molecule has 0 bridgehead atoms. The van der Waals surface area contributed by atoms with E-state index in [0.717, 1.165) is 24.3 Å². The fourth-order valence-electron chi connectivity index (χ4n) is 5.01. The van der Waals surface area contributed by atoms with Gasteiger partial charge in [-0.25, -0.2) is 8.78 Å². The number of hydrogen-bond donors (Lipinski definition) is 1. The highest BCUT2D eigenvalue weighted by atomic mass is 19.3. The molecule has 0 spiro atoms. The number of aromatic nitrogens is 1. The minimum absolute atomic E-state index is 0.0295. The van der Waals surface area contributed by atoms with Crippen molar-refractivity contribution in [1.29, 1.82) is 0 Å². The second kappa shape index (κ2) is 13.0. The van der Waals surface area contributed by atoms with Crippen LogP contribution in [0, 0.1) is 5.41 Å². The van der Waals surface area contributed by atoms with Gasteiger partial charge in [-0.05, 0) is 78.6 Å². The van der Waals surface area contributed by atoms with Crippen molar-refractivity contribution >= 4 is 5.91 Å². The van der Waals surface area contributed by atoms with Crippen LogP contribution >= 0.6 is 0 Å². The zero-order chi connectivity index (χ0) is 27.0. The average Bonchev–Trinajstić information content (AvgIpc) is 2.89. The van der Waals surface area contributed by atoms with Gasteiger partial charge < -0.3 is 10.1 Å². The second-order valence-electron chi connectivity index (χ2n) is 10.9. The Morgan fingerprint density at radius 1 is 1.00 bits per heavy atom. The van der Waals surface area contributed by atoms with Crippen LogP contribution in [0.3, 0.4) is 0 Å². The normalized spacial score (nSPS) is 15.0. The van der Waals surface area contributed by atoms with Crippen LogP contribution in [0.2, 0.25) is 0 Å². The number of pyridine rings is 1. The molecule has 0 atom stereocenters. The number of alkyl halides is 2. The van der Waals surface area contributed by atoms with E-state index in [9.17, 15) is 13.6 Å². The summed E-state index contributed by atoms with van der Waals surface area (Å²) in [6.07, 6.45) is 2.65. The van der Waals surface area contributed by atoms with Gasteiger partial charge in [0.25, 0.3) is 12.3 Å². The predicted molar refractivity (Wildman–Crippen MR) is 146 cm³/mol.